The van der Waals surface area contributed by atoms with E-state index in [2.05, 4.69) is 12.0 Å². The van der Waals surface area contributed by atoms with Crippen LogP contribution in [-0.4, -0.2) is 0 Å². The Hall–Kier alpha value is -1.06. The number of nitrogens with two attached hydrogens (primary N) is 1. The molecule has 1 atom stereocenters. The number of furan rings is 1. The molecule has 0 bridgehead atoms. The fourth-order valence-corrected chi connectivity index (χ4v) is 1.54. The molecule has 0 aliphatic rings. The summed E-state index contributed by atoms with van der Waals surface area (Å²) in [4.78, 5) is 0. The predicted molar refractivity (Wildman–Crippen MR) is 53.2 cm³/mol. The second-order valence-electron chi connectivity index (χ2n) is 3.13. The molecule has 0 fully saturated rings. The first-order valence-electron chi connectivity index (χ1n) is 4.27. The van der Waals surface area contributed by atoms with Crippen LogP contribution < -0.4 is 11.3 Å². The highest BCUT2D eigenvalue weighted by atomic mass is 16.3. The smallest absolute Gasteiger partial charge is 0.106 e. The van der Waals surface area contributed by atoms with Gasteiger partial charge in [0.2, 0.25) is 0 Å². The van der Waals surface area contributed by atoms with E-state index in [1.807, 2.05) is 20.8 Å². The minimum Gasteiger partial charge on any atom is -0.466 e. The van der Waals surface area contributed by atoms with E-state index < -0.39 is 0 Å². The number of hydrogen-bond acceptors (Lipinski definition) is 3. The first-order chi connectivity index (χ1) is 6.11. The van der Waals surface area contributed by atoms with Crippen LogP contribution in [0.15, 0.2) is 17.1 Å². The van der Waals surface area contributed by atoms with Gasteiger partial charge in [0.15, 0.2) is 0 Å². The fourth-order valence-electron chi connectivity index (χ4n) is 1.54. The maximum atomic E-state index is 5.49. The lowest BCUT2D eigenvalue weighted by molar-refractivity contribution is 0.495. The van der Waals surface area contributed by atoms with Crippen molar-refractivity contribution in [3.05, 3.63) is 35.3 Å². The van der Waals surface area contributed by atoms with Crippen LogP contribution in [0.5, 0.6) is 0 Å². The number of aryl methyl sites for hydroxylation is 2. The SMILES string of the molecule is C=CC(NN)c1c(C)oc(C)c1C. The lowest BCUT2D eigenvalue weighted by Gasteiger charge is -2.10. The molecule has 0 spiro atoms. The van der Waals surface area contributed by atoms with E-state index in [-0.39, 0.29) is 6.04 Å². The molecule has 0 saturated carbocycles. The van der Waals surface area contributed by atoms with Crippen LogP contribution in [0.2, 0.25) is 0 Å². The van der Waals surface area contributed by atoms with Crippen LogP contribution in [0.3, 0.4) is 0 Å². The van der Waals surface area contributed by atoms with E-state index in [1.54, 1.807) is 6.08 Å². The highest BCUT2D eigenvalue weighted by molar-refractivity contribution is 5.36. The van der Waals surface area contributed by atoms with Crippen molar-refractivity contribution in [2.45, 2.75) is 26.8 Å². The summed E-state index contributed by atoms with van der Waals surface area (Å²) >= 11 is 0. The van der Waals surface area contributed by atoms with Gasteiger partial charge in [-0.3, -0.25) is 5.84 Å². The normalized spacial score (nSPS) is 12.9. The van der Waals surface area contributed by atoms with Gasteiger partial charge in [-0.1, -0.05) is 6.08 Å². The van der Waals surface area contributed by atoms with Crippen LogP contribution in [0.1, 0.15) is 28.7 Å². The maximum Gasteiger partial charge on any atom is 0.106 e. The van der Waals surface area contributed by atoms with Gasteiger partial charge in [-0.2, -0.15) is 0 Å². The van der Waals surface area contributed by atoms with Crippen LogP contribution in [0.25, 0.3) is 0 Å². The van der Waals surface area contributed by atoms with E-state index in [1.165, 1.54) is 0 Å². The second-order valence-corrected chi connectivity index (χ2v) is 3.13. The van der Waals surface area contributed by atoms with Gasteiger partial charge < -0.3 is 4.42 Å². The Labute approximate surface area is 78.6 Å². The number of rotatable bonds is 3. The van der Waals surface area contributed by atoms with Crippen molar-refractivity contribution in [2.75, 3.05) is 0 Å². The zero-order chi connectivity index (χ0) is 10.0. The topological polar surface area (TPSA) is 51.2 Å². The fraction of sp³-hybridized carbons (Fsp3) is 0.400. The molecule has 3 N–H and O–H groups in total. The summed E-state index contributed by atoms with van der Waals surface area (Å²) < 4.78 is 5.49. The van der Waals surface area contributed by atoms with Crippen molar-refractivity contribution >= 4 is 0 Å². The Balaban J connectivity index is 3.18. The standard InChI is InChI=1S/C10H16N2O/c1-5-9(12-11)10-6(2)7(3)13-8(10)4/h5,9,12H,1,11H2,2-4H3. The van der Waals surface area contributed by atoms with Gasteiger partial charge in [0.1, 0.15) is 11.5 Å². The Morgan fingerprint density at radius 3 is 2.31 bits per heavy atom. The average molecular weight is 180 g/mol. The second kappa shape index (κ2) is 3.77. The summed E-state index contributed by atoms with van der Waals surface area (Å²) in [6.45, 7) is 9.62. The van der Waals surface area contributed by atoms with Crippen molar-refractivity contribution in [3.8, 4) is 0 Å². The van der Waals surface area contributed by atoms with Crippen LogP contribution >= 0.6 is 0 Å². The third-order valence-electron chi connectivity index (χ3n) is 2.34. The molecule has 0 aliphatic heterocycles. The van der Waals surface area contributed by atoms with Gasteiger partial charge >= 0.3 is 0 Å². The molecule has 3 nitrogen and oxygen atoms in total. The largest absolute Gasteiger partial charge is 0.466 e. The predicted octanol–water partition coefficient (Wildman–Crippen LogP) is 1.90. The Morgan fingerprint density at radius 2 is 2.00 bits per heavy atom. The van der Waals surface area contributed by atoms with Crippen LogP contribution in [0.4, 0.5) is 0 Å². The third kappa shape index (κ3) is 1.66. The minimum atomic E-state index is -0.0301. The molecule has 1 heterocycles. The summed E-state index contributed by atoms with van der Waals surface area (Å²) in [5.41, 5.74) is 4.92. The summed E-state index contributed by atoms with van der Waals surface area (Å²) in [6, 6.07) is -0.0301. The first kappa shape index (κ1) is 10.0. The van der Waals surface area contributed by atoms with Gasteiger partial charge in [-0.25, -0.2) is 5.43 Å². The van der Waals surface area contributed by atoms with Crippen molar-refractivity contribution in [1.29, 1.82) is 0 Å². The average Bonchev–Trinajstić information content (AvgIpc) is 2.34. The number of hydrogen-bond donors (Lipinski definition) is 2. The molecular formula is C10H16N2O. The molecule has 0 amide bonds. The van der Waals surface area contributed by atoms with Crippen molar-refractivity contribution in [2.24, 2.45) is 5.84 Å². The van der Waals surface area contributed by atoms with Crippen LogP contribution in [-0.2, 0) is 0 Å². The first-order valence-corrected chi connectivity index (χ1v) is 4.27. The van der Waals surface area contributed by atoms with Crippen molar-refractivity contribution in [1.82, 2.24) is 5.43 Å². The Morgan fingerprint density at radius 1 is 1.38 bits per heavy atom. The van der Waals surface area contributed by atoms with E-state index in [4.69, 9.17) is 10.3 Å². The van der Waals surface area contributed by atoms with Gasteiger partial charge in [-0.15, -0.1) is 6.58 Å². The third-order valence-corrected chi connectivity index (χ3v) is 2.34. The van der Waals surface area contributed by atoms with E-state index >= 15 is 0 Å². The maximum absolute atomic E-state index is 5.49. The summed E-state index contributed by atoms with van der Waals surface area (Å²) in [7, 11) is 0. The van der Waals surface area contributed by atoms with Gasteiger partial charge in [0.25, 0.3) is 0 Å². The number of nitrogens with one attached hydrogen (secondary N) is 1. The molecule has 1 aromatic rings. The van der Waals surface area contributed by atoms with E-state index in [9.17, 15) is 0 Å². The highest BCUT2D eigenvalue weighted by Crippen LogP contribution is 2.26. The lowest BCUT2D eigenvalue weighted by atomic mass is 10.0. The summed E-state index contributed by atoms with van der Waals surface area (Å²) in [5, 5.41) is 0. The lowest BCUT2D eigenvalue weighted by Crippen LogP contribution is -2.27. The zero-order valence-electron chi connectivity index (χ0n) is 8.35. The Bertz CT molecular complexity index is 315. The van der Waals surface area contributed by atoms with Gasteiger partial charge in [0.05, 0.1) is 6.04 Å². The van der Waals surface area contributed by atoms with Gasteiger partial charge in [0, 0.05) is 5.56 Å². The van der Waals surface area contributed by atoms with E-state index in [0.717, 1.165) is 22.6 Å². The molecular weight excluding hydrogens is 164 g/mol. The molecule has 1 rings (SSSR count). The molecule has 0 saturated heterocycles. The molecule has 0 aromatic carbocycles. The van der Waals surface area contributed by atoms with Crippen molar-refractivity contribution in [3.63, 3.8) is 0 Å². The quantitative estimate of drug-likeness (QED) is 0.424. The molecule has 1 aromatic heterocycles. The molecule has 0 radical (unpaired) electrons. The molecule has 72 valence electrons. The zero-order valence-corrected chi connectivity index (χ0v) is 8.35. The minimum absolute atomic E-state index is 0.0301. The van der Waals surface area contributed by atoms with Crippen molar-refractivity contribution < 1.29 is 4.42 Å². The monoisotopic (exact) mass is 180 g/mol. The summed E-state index contributed by atoms with van der Waals surface area (Å²) in [5.74, 6) is 7.24. The van der Waals surface area contributed by atoms with E-state index in [0.29, 0.717) is 0 Å². The van der Waals surface area contributed by atoms with Crippen LogP contribution in [0, 0.1) is 20.8 Å². The number of hydrazine groups is 1. The molecule has 1 unspecified atom stereocenters. The summed E-state index contributed by atoms with van der Waals surface area (Å²) in [6.07, 6.45) is 1.77. The highest BCUT2D eigenvalue weighted by Gasteiger charge is 2.16. The molecule has 0 aliphatic carbocycles. The molecule has 13 heavy (non-hydrogen) atoms. The van der Waals surface area contributed by atoms with Gasteiger partial charge in [-0.05, 0) is 26.3 Å². The Kier molecular flexibility index (Phi) is 2.90. The molecule has 3 heteroatoms.